The minimum absolute atomic E-state index is 0.116. The van der Waals surface area contributed by atoms with E-state index in [4.69, 9.17) is 4.74 Å². The van der Waals surface area contributed by atoms with Gasteiger partial charge < -0.3 is 4.74 Å². The number of carbonyl (C=O) groups is 2. The minimum atomic E-state index is -0.504. The summed E-state index contributed by atoms with van der Waals surface area (Å²) in [4.78, 5) is 31.7. The molecular formula is C17H16N2O3S. The molecule has 2 aromatic rings. The van der Waals surface area contributed by atoms with Crippen LogP contribution in [0.25, 0.3) is 10.2 Å². The van der Waals surface area contributed by atoms with Crippen LogP contribution in [0.2, 0.25) is 0 Å². The zero-order valence-corrected chi connectivity index (χ0v) is 13.7. The van der Waals surface area contributed by atoms with E-state index in [1.165, 1.54) is 16.2 Å². The van der Waals surface area contributed by atoms with Crippen LogP contribution in [0.15, 0.2) is 23.7 Å². The molecule has 0 spiro atoms. The topological polar surface area (TPSA) is 59.5 Å². The van der Waals surface area contributed by atoms with Gasteiger partial charge in [-0.2, -0.15) is 0 Å². The Morgan fingerprint density at radius 3 is 2.48 bits per heavy atom. The van der Waals surface area contributed by atoms with Crippen molar-refractivity contribution in [3.8, 4) is 0 Å². The minimum Gasteiger partial charge on any atom is -0.367 e. The molecule has 3 fully saturated rings. The Morgan fingerprint density at radius 2 is 1.83 bits per heavy atom. The van der Waals surface area contributed by atoms with Gasteiger partial charge in [0.05, 0.1) is 44.5 Å². The molecule has 4 atom stereocenters. The summed E-state index contributed by atoms with van der Waals surface area (Å²) in [7, 11) is 0. The summed E-state index contributed by atoms with van der Waals surface area (Å²) >= 11 is 1.51. The fourth-order valence-electron chi connectivity index (χ4n) is 4.71. The summed E-state index contributed by atoms with van der Waals surface area (Å²) in [5.41, 5.74) is 2.30. The van der Waals surface area contributed by atoms with E-state index in [0.29, 0.717) is 5.69 Å². The molecule has 5 nitrogen and oxygen atoms in total. The van der Waals surface area contributed by atoms with Crippen molar-refractivity contribution >= 4 is 39.1 Å². The lowest BCUT2D eigenvalue weighted by Crippen LogP contribution is -2.40. The van der Waals surface area contributed by atoms with Gasteiger partial charge in [0.25, 0.3) is 0 Å². The number of thiazole rings is 1. The predicted octanol–water partition coefficient (Wildman–Crippen LogP) is 2.74. The van der Waals surface area contributed by atoms with E-state index in [1.54, 1.807) is 5.51 Å². The SMILES string of the molecule is CC12CCC(C)(O1)[C@H]1C(=O)N(c3ccc4ncsc4c3)C(=O)[C@H]12. The number of imide groups is 1. The standard InChI is InChI=1S/C17H16N2O3S/c1-16-5-6-17(2,22-16)13-12(16)14(20)19(15(13)21)9-3-4-10-11(7-9)23-8-18-10/h3-4,7-8,12-13H,5-6H2,1-2H3/t12-,13+,16?,17?. The summed E-state index contributed by atoms with van der Waals surface area (Å²) in [6, 6.07) is 5.56. The van der Waals surface area contributed by atoms with Gasteiger partial charge >= 0.3 is 0 Å². The highest BCUT2D eigenvalue weighted by molar-refractivity contribution is 7.16. The van der Waals surface area contributed by atoms with E-state index in [0.717, 1.165) is 23.1 Å². The van der Waals surface area contributed by atoms with Crippen molar-refractivity contribution in [2.24, 2.45) is 11.8 Å². The van der Waals surface area contributed by atoms with Crippen molar-refractivity contribution in [3.63, 3.8) is 0 Å². The largest absolute Gasteiger partial charge is 0.367 e. The fraction of sp³-hybridized carbons (Fsp3) is 0.471. The van der Waals surface area contributed by atoms with E-state index >= 15 is 0 Å². The highest BCUT2D eigenvalue weighted by Crippen LogP contribution is 2.60. The second-order valence-electron chi connectivity index (χ2n) is 7.20. The molecule has 1 aromatic carbocycles. The average Bonchev–Trinajstić information content (AvgIpc) is 3.19. The molecule has 23 heavy (non-hydrogen) atoms. The monoisotopic (exact) mass is 328 g/mol. The van der Waals surface area contributed by atoms with Crippen LogP contribution in [0.4, 0.5) is 5.69 Å². The molecule has 0 saturated carbocycles. The Hall–Kier alpha value is -1.79. The lowest BCUT2D eigenvalue weighted by atomic mass is 9.69. The van der Waals surface area contributed by atoms with Gasteiger partial charge in [0.2, 0.25) is 11.8 Å². The lowest BCUT2D eigenvalue weighted by Gasteiger charge is -2.27. The Bertz CT molecular complexity index is 844. The molecule has 2 unspecified atom stereocenters. The maximum atomic E-state index is 13.0. The van der Waals surface area contributed by atoms with E-state index in [2.05, 4.69) is 4.98 Å². The van der Waals surface area contributed by atoms with Gasteiger partial charge in [-0.1, -0.05) is 0 Å². The molecule has 1 aromatic heterocycles. The van der Waals surface area contributed by atoms with Gasteiger partial charge in [-0.15, -0.1) is 11.3 Å². The number of aromatic nitrogens is 1. The first kappa shape index (κ1) is 13.6. The second kappa shape index (κ2) is 3.99. The van der Waals surface area contributed by atoms with E-state index < -0.39 is 11.2 Å². The molecular weight excluding hydrogens is 312 g/mol. The van der Waals surface area contributed by atoms with Gasteiger partial charge in [-0.25, -0.2) is 9.88 Å². The quantitative estimate of drug-likeness (QED) is 0.755. The Morgan fingerprint density at radius 1 is 1.17 bits per heavy atom. The third-order valence-corrected chi connectivity index (χ3v) is 6.57. The van der Waals surface area contributed by atoms with Crippen LogP contribution in [0.3, 0.4) is 0 Å². The summed E-state index contributed by atoms with van der Waals surface area (Å²) in [5, 5.41) is 0. The molecule has 3 aliphatic heterocycles. The molecule has 3 saturated heterocycles. The molecule has 118 valence electrons. The van der Waals surface area contributed by atoms with Crippen molar-refractivity contribution in [1.82, 2.24) is 4.98 Å². The number of anilines is 1. The van der Waals surface area contributed by atoms with Crippen LogP contribution < -0.4 is 4.90 Å². The number of nitrogens with zero attached hydrogens (tertiary/aromatic N) is 2. The van der Waals surface area contributed by atoms with E-state index in [1.807, 2.05) is 32.0 Å². The first-order valence-corrected chi connectivity index (χ1v) is 8.72. The second-order valence-corrected chi connectivity index (χ2v) is 8.09. The zero-order valence-electron chi connectivity index (χ0n) is 12.9. The normalized spacial score (nSPS) is 38.8. The Kier molecular flexibility index (Phi) is 2.37. The van der Waals surface area contributed by atoms with Crippen LogP contribution in [-0.4, -0.2) is 28.0 Å². The number of hydrogen-bond acceptors (Lipinski definition) is 5. The van der Waals surface area contributed by atoms with Crippen LogP contribution >= 0.6 is 11.3 Å². The number of carbonyl (C=O) groups excluding carboxylic acids is 2. The van der Waals surface area contributed by atoms with E-state index in [-0.39, 0.29) is 23.7 Å². The molecule has 6 heteroatoms. The van der Waals surface area contributed by atoms with Crippen molar-refractivity contribution in [2.75, 3.05) is 4.90 Å². The van der Waals surface area contributed by atoms with Crippen LogP contribution in [0.5, 0.6) is 0 Å². The first-order valence-electron chi connectivity index (χ1n) is 7.84. The maximum Gasteiger partial charge on any atom is 0.240 e. The molecule has 2 amide bonds. The average molecular weight is 328 g/mol. The van der Waals surface area contributed by atoms with Gasteiger partial charge in [-0.05, 0) is 44.9 Å². The van der Waals surface area contributed by atoms with Crippen molar-refractivity contribution in [1.29, 1.82) is 0 Å². The van der Waals surface area contributed by atoms with Crippen molar-refractivity contribution < 1.29 is 14.3 Å². The van der Waals surface area contributed by atoms with Crippen LogP contribution in [0.1, 0.15) is 26.7 Å². The number of benzene rings is 1. The predicted molar refractivity (Wildman–Crippen MR) is 86.2 cm³/mol. The number of fused-ring (bicyclic) bond motifs is 6. The summed E-state index contributed by atoms with van der Waals surface area (Å²) in [6.07, 6.45) is 1.68. The van der Waals surface area contributed by atoms with Crippen molar-refractivity contribution in [3.05, 3.63) is 23.7 Å². The first-order chi connectivity index (χ1) is 10.9. The number of rotatable bonds is 1. The molecule has 3 aliphatic rings. The van der Waals surface area contributed by atoms with Crippen molar-refractivity contribution in [2.45, 2.75) is 37.9 Å². The fourth-order valence-corrected chi connectivity index (χ4v) is 5.42. The van der Waals surface area contributed by atoms with E-state index in [9.17, 15) is 9.59 Å². The van der Waals surface area contributed by atoms with Crippen LogP contribution in [0, 0.1) is 11.8 Å². The molecule has 5 rings (SSSR count). The van der Waals surface area contributed by atoms with Crippen LogP contribution in [-0.2, 0) is 14.3 Å². The molecule has 0 N–H and O–H groups in total. The third kappa shape index (κ3) is 1.53. The Labute approximate surface area is 137 Å². The lowest BCUT2D eigenvalue weighted by molar-refractivity contribution is -0.129. The smallest absolute Gasteiger partial charge is 0.240 e. The number of hydrogen-bond donors (Lipinski definition) is 0. The third-order valence-electron chi connectivity index (χ3n) is 5.78. The van der Waals surface area contributed by atoms with Gasteiger partial charge in [0, 0.05) is 0 Å². The molecule has 4 heterocycles. The summed E-state index contributed by atoms with van der Waals surface area (Å²) in [5.74, 6) is -0.943. The molecule has 0 radical (unpaired) electrons. The molecule has 0 aliphatic carbocycles. The number of amides is 2. The summed E-state index contributed by atoms with van der Waals surface area (Å²) < 4.78 is 7.10. The Balaban J connectivity index is 1.63. The maximum absolute atomic E-state index is 13.0. The zero-order chi connectivity index (χ0) is 16.0. The van der Waals surface area contributed by atoms with Gasteiger partial charge in [0.1, 0.15) is 0 Å². The van der Waals surface area contributed by atoms with Gasteiger partial charge in [0.15, 0.2) is 0 Å². The highest BCUT2D eigenvalue weighted by atomic mass is 32.1. The summed E-state index contributed by atoms with van der Waals surface area (Å²) in [6.45, 7) is 3.95. The van der Waals surface area contributed by atoms with Gasteiger partial charge in [-0.3, -0.25) is 9.59 Å². The number of ether oxygens (including phenoxy) is 1. The highest BCUT2D eigenvalue weighted by Gasteiger charge is 2.72. The molecule has 2 bridgehead atoms.